The molecule has 0 fully saturated rings. The predicted molar refractivity (Wildman–Crippen MR) is 82.2 cm³/mol. The monoisotopic (exact) mass is 271 g/mol. The third-order valence-corrected chi connectivity index (χ3v) is 3.18. The van der Waals surface area contributed by atoms with Crippen LogP contribution >= 0.6 is 0 Å². The summed E-state index contributed by atoms with van der Waals surface area (Å²) >= 11 is 0. The number of fused-ring (bicyclic) bond motifs is 1. The fourth-order valence-corrected chi connectivity index (χ4v) is 2.05. The summed E-state index contributed by atoms with van der Waals surface area (Å²) in [6, 6.07) is 7.99. The Balaban J connectivity index is 2.38. The fraction of sp³-hybridized carbons (Fsp3) is 0.353. The number of hydrogen-bond donors (Lipinski definition) is 0. The lowest BCUT2D eigenvalue weighted by Gasteiger charge is -2.19. The van der Waals surface area contributed by atoms with Crippen molar-refractivity contribution in [3.05, 3.63) is 48.7 Å². The van der Waals surface area contributed by atoms with Crippen molar-refractivity contribution in [2.24, 2.45) is 0 Å². The van der Waals surface area contributed by atoms with Crippen LogP contribution in [0.2, 0.25) is 0 Å². The van der Waals surface area contributed by atoms with Crippen LogP contribution in [0.25, 0.3) is 10.9 Å². The first-order valence-corrected chi connectivity index (χ1v) is 6.79. The van der Waals surface area contributed by atoms with Crippen molar-refractivity contribution >= 4 is 17.0 Å². The molecule has 2 rings (SSSR count). The minimum Gasteiger partial charge on any atom is -0.443 e. The normalized spacial score (nSPS) is 13.2. The van der Waals surface area contributed by atoms with Crippen LogP contribution in [0, 0.1) is 0 Å². The Kier molecular flexibility index (Phi) is 3.71. The van der Waals surface area contributed by atoms with E-state index in [2.05, 4.69) is 19.6 Å². The van der Waals surface area contributed by atoms with E-state index in [1.165, 1.54) is 5.56 Å². The van der Waals surface area contributed by atoms with Crippen molar-refractivity contribution < 1.29 is 9.53 Å². The van der Waals surface area contributed by atoms with E-state index in [1.807, 2.05) is 45.0 Å². The van der Waals surface area contributed by atoms with Crippen molar-refractivity contribution in [1.29, 1.82) is 0 Å². The number of carbonyl (C=O) groups is 1. The van der Waals surface area contributed by atoms with Gasteiger partial charge in [-0.2, -0.15) is 0 Å². The number of allylic oxidation sites excluding steroid dienone is 1. The van der Waals surface area contributed by atoms with Gasteiger partial charge in [-0.15, -0.1) is 6.58 Å². The number of rotatable bonds is 2. The van der Waals surface area contributed by atoms with Crippen LogP contribution in [-0.4, -0.2) is 16.3 Å². The Morgan fingerprint density at radius 3 is 2.65 bits per heavy atom. The van der Waals surface area contributed by atoms with E-state index in [9.17, 15) is 4.79 Å². The van der Waals surface area contributed by atoms with E-state index in [-0.39, 0.29) is 6.09 Å². The number of aromatic nitrogens is 1. The number of nitrogens with zero attached hydrogens (tertiary/aromatic N) is 1. The first kappa shape index (κ1) is 14.4. The number of hydrogen-bond acceptors (Lipinski definition) is 2. The second-order valence-corrected chi connectivity index (χ2v) is 6.01. The van der Waals surface area contributed by atoms with E-state index in [1.54, 1.807) is 10.8 Å². The molecule has 1 aromatic heterocycles. The van der Waals surface area contributed by atoms with Gasteiger partial charge in [-0.3, -0.25) is 4.57 Å². The summed E-state index contributed by atoms with van der Waals surface area (Å²) < 4.78 is 6.94. The summed E-state index contributed by atoms with van der Waals surface area (Å²) in [6.45, 7) is 11.5. The first-order valence-electron chi connectivity index (χ1n) is 6.79. The molecule has 0 N–H and O–H groups in total. The van der Waals surface area contributed by atoms with E-state index in [0.29, 0.717) is 5.92 Å². The van der Waals surface area contributed by atoms with Gasteiger partial charge in [0.1, 0.15) is 5.60 Å². The predicted octanol–water partition coefficient (Wildman–Crippen LogP) is 4.71. The van der Waals surface area contributed by atoms with Gasteiger partial charge in [-0.05, 0) is 50.5 Å². The molecular formula is C17H21NO2. The first-order chi connectivity index (χ1) is 9.31. The van der Waals surface area contributed by atoms with Crippen LogP contribution in [0.4, 0.5) is 4.79 Å². The average Bonchev–Trinajstić information content (AvgIpc) is 2.78. The summed E-state index contributed by atoms with van der Waals surface area (Å²) in [6.07, 6.45) is 3.31. The molecule has 3 nitrogen and oxygen atoms in total. The lowest BCUT2D eigenvalue weighted by Crippen LogP contribution is -2.26. The molecule has 1 heterocycles. The van der Waals surface area contributed by atoms with Crippen LogP contribution < -0.4 is 0 Å². The fourth-order valence-electron chi connectivity index (χ4n) is 2.05. The zero-order valence-electron chi connectivity index (χ0n) is 12.5. The summed E-state index contributed by atoms with van der Waals surface area (Å²) in [5, 5.41) is 1.03. The topological polar surface area (TPSA) is 31.2 Å². The third-order valence-electron chi connectivity index (χ3n) is 3.18. The summed E-state index contributed by atoms with van der Waals surface area (Å²) in [7, 11) is 0. The maximum Gasteiger partial charge on any atom is 0.418 e. The van der Waals surface area contributed by atoms with Crippen LogP contribution in [0.15, 0.2) is 43.1 Å². The minimum atomic E-state index is -0.495. The highest BCUT2D eigenvalue weighted by Gasteiger charge is 2.19. The van der Waals surface area contributed by atoms with E-state index in [4.69, 9.17) is 4.74 Å². The Bertz CT molecular complexity index is 647. The summed E-state index contributed by atoms with van der Waals surface area (Å²) in [5.74, 6) is 0.296. The Hall–Kier alpha value is -2.03. The third kappa shape index (κ3) is 2.93. The lowest BCUT2D eigenvalue weighted by atomic mass is 10.0. The average molecular weight is 271 g/mol. The molecule has 0 bridgehead atoms. The SMILES string of the molecule is C=CC(C)c1ccc2c(ccn2C(=O)OC(C)(C)C)c1. The summed E-state index contributed by atoms with van der Waals surface area (Å²) in [4.78, 5) is 12.1. The second kappa shape index (κ2) is 5.16. The Labute approximate surface area is 119 Å². The van der Waals surface area contributed by atoms with Crippen molar-refractivity contribution in [2.45, 2.75) is 39.2 Å². The zero-order valence-corrected chi connectivity index (χ0v) is 12.5. The maximum absolute atomic E-state index is 12.1. The van der Waals surface area contributed by atoms with Gasteiger partial charge in [0.05, 0.1) is 5.52 Å². The molecule has 0 radical (unpaired) electrons. The molecule has 0 saturated heterocycles. The van der Waals surface area contributed by atoms with Gasteiger partial charge in [-0.1, -0.05) is 19.1 Å². The standard InChI is InChI=1S/C17H21NO2/c1-6-12(2)13-7-8-15-14(11-13)9-10-18(15)16(19)20-17(3,4)5/h6-12H,1H2,2-5H3. The van der Waals surface area contributed by atoms with Crippen LogP contribution in [0.3, 0.4) is 0 Å². The van der Waals surface area contributed by atoms with Crippen molar-refractivity contribution in [1.82, 2.24) is 4.57 Å². The van der Waals surface area contributed by atoms with Gasteiger partial charge in [-0.25, -0.2) is 4.79 Å². The molecule has 0 amide bonds. The second-order valence-electron chi connectivity index (χ2n) is 6.01. The maximum atomic E-state index is 12.1. The molecule has 3 heteroatoms. The Morgan fingerprint density at radius 2 is 2.05 bits per heavy atom. The Morgan fingerprint density at radius 1 is 1.35 bits per heavy atom. The molecule has 20 heavy (non-hydrogen) atoms. The number of benzene rings is 1. The lowest BCUT2D eigenvalue weighted by molar-refractivity contribution is 0.0544. The van der Waals surface area contributed by atoms with Gasteiger partial charge in [0.15, 0.2) is 0 Å². The van der Waals surface area contributed by atoms with Crippen molar-refractivity contribution in [3.8, 4) is 0 Å². The number of ether oxygens (including phenoxy) is 1. The largest absolute Gasteiger partial charge is 0.443 e. The van der Waals surface area contributed by atoms with Gasteiger partial charge in [0.25, 0.3) is 0 Å². The van der Waals surface area contributed by atoms with Crippen LogP contribution in [-0.2, 0) is 4.74 Å². The molecule has 1 atom stereocenters. The van der Waals surface area contributed by atoms with Crippen LogP contribution in [0.5, 0.6) is 0 Å². The van der Waals surface area contributed by atoms with Gasteiger partial charge < -0.3 is 4.74 Å². The van der Waals surface area contributed by atoms with E-state index in [0.717, 1.165) is 10.9 Å². The highest BCUT2D eigenvalue weighted by Crippen LogP contribution is 2.24. The molecule has 0 aliphatic carbocycles. The number of carbonyl (C=O) groups excluding carboxylic acids is 1. The van der Waals surface area contributed by atoms with Gasteiger partial charge in [0.2, 0.25) is 0 Å². The van der Waals surface area contributed by atoms with E-state index < -0.39 is 5.60 Å². The minimum absolute atomic E-state index is 0.296. The van der Waals surface area contributed by atoms with E-state index >= 15 is 0 Å². The molecule has 1 aromatic carbocycles. The smallest absolute Gasteiger partial charge is 0.418 e. The highest BCUT2D eigenvalue weighted by atomic mass is 16.6. The molecule has 0 aliphatic rings. The molecule has 1 unspecified atom stereocenters. The van der Waals surface area contributed by atoms with Gasteiger partial charge in [0, 0.05) is 11.6 Å². The van der Waals surface area contributed by atoms with Crippen molar-refractivity contribution in [3.63, 3.8) is 0 Å². The van der Waals surface area contributed by atoms with Crippen LogP contribution in [0.1, 0.15) is 39.2 Å². The molecule has 2 aromatic rings. The molecule has 0 saturated carbocycles. The molecular weight excluding hydrogens is 250 g/mol. The quantitative estimate of drug-likeness (QED) is 0.740. The molecule has 0 aliphatic heterocycles. The van der Waals surface area contributed by atoms with Crippen molar-refractivity contribution in [2.75, 3.05) is 0 Å². The molecule has 0 spiro atoms. The summed E-state index contributed by atoms with van der Waals surface area (Å²) in [5.41, 5.74) is 1.55. The van der Waals surface area contributed by atoms with Gasteiger partial charge >= 0.3 is 6.09 Å². The zero-order chi connectivity index (χ0) is 14.9. The highest BCUT2D eigenvalue weighted by molar-refractivity contribution is 5.90. The molecule has 106 valence electrons.